The molecular weight excluding hydrogens is 273 g/mol. The van der Waals surface area contributed by atoms with Crippen LogP contribution in [-0.2, 0) is 6.42 Å². The molecule has 0 heterocycles. The summed E-state index contributed by atoms with van der Waals surface area (Å²) in [6.45, 7) is 3.90. The average Bonchev–Trinajstić information content (AvgIpc) is 2.36. The van der Waals surface area contributed by atoms with E-state index >= 15 is 0 Å². The summed E-state index contributed by atoms with van der Waals surface area (Å²) in [7, 11) is 1.93. The molecule has 2 aromatic rings. The van der Waals surface area contributed by atoms with Gasteiger partial charge in [0.25, 0.3) is 0 Å². The first-order valence-corrected chi connectivity index (χ1v) is 7.07. The number of hydrogen-bond acceptors (Lipinski definition) is 1. The molecule has 0 aliphatic carbocycles. The van der Waals surface area contributed by atoms with Crippen LogP contribution in [-0.4, -0.2) is 7.05 Å². The lowest BCUT2D eigenvalue weighted by Gasteiger charge is -2.21. The zero-order valence-electron chi connectivity index (χ0n) is 12.0. The van der Waals surface area contributed by atoms with E-state index in [1.165, 1.54) is 5.56 Å². The van der Waals surface area contributed by atoms with Gasteiger partial charge in [-0.25, -0.2) is 4.39 Å². The Hall–Kier alpha value is -1.38. The fraction of sp³-hybridized carbons (Fsp3) is 0.294. The van der Waals surface area contributed by atoms with Gasteiger partial charge in [0, 0.05) is 11.1 Å². The lowest BCUT2D eigenvalue weighted by atomic mass is 9.91. The summed E-state index contributed by atoms with van der Waals surface area (Å²) in [6, 6.07) is 11.2. The van der Waals surface area contributed by atoms with Crippen molar-refractivity contribution < 1.29 is 4.39 Å². The van der Waals surface area contributed by atoms with Gasteiger partial charge in [-0.2, -0.15) is 0 Å². The highest BCUT2D eigenvalue weighted by atomic mass is 35.5. The molecule has 0 spiro atoms. The van der Waals surface area contributed by atoms with Crippen LogP contribution >= 0.6 is 11.6 Å². The number of hydrogen-bond donors (Lipinski definition) is 1. The summed E-state index contributed by atoms with van der Waals surface area (Å²) in [6.07, 6.45) is 0.824. The fourth-order valence-electron chi connectivity index (χ4n) is 2.72. The zero-order valence-corrected chi connectivity index (χ0v) is 12.8. The summed E-state index contributed by atoms with van der Waals surface area (Å²) < 4.78 is 13.4. The predicted molar refractivity (Wildman–Crippen MR) is 82.8 cm³/mol. The molecule has 0 aliphatic heterocycles. The van der Waals surface area contributed by atoms with Crippen molar-refractivity contribution in [3.05, 3.63) is 69.5 Å². The first-order valence-electron chi connectivity index (χ1n) is 6.69. The molecule has 3 heteroatoms. The largest absolute Gasteiger partial charge is 0.313 e. The van der Waals surface area contributed by atoms with Gasteiger partial charge in [0.05, 0.1) is 0 Å². The highest BCUT2D eigenvalue weighted by molar-refractivity contribution is 6.30. The first kappa shape index (κ1) is 15.0. The van der Waals surface area contributed by atoms with Crippen LogP contribution in [0.5, 0.6) is 0 Å². The summed E-state index contributed by atoms with van der Waals surface area (Å²) in [4.78, 5) is 0. The molecule has 0 bridgehead atoms. The van der Waals surface area contributed by atoms with Crippen molar-refractivity contribution >= 4 is 11.6 Å². The quantitative estimate of drug-likeness (QED) is 0.868. The second kappa shape index (κ2) is 6.38. The van der Waals surface area contributed by atoms with Crippen molar-refractivity contribution in [1.29, 1.82) is 0 Å². The molecule has 0 fully saturated rings. The van der Waals surface area contributed by atoms with E-state index in [4.69, 9.17) is 11.6 Å². The Morgan fingerprint density at radius 1 is 1.15 bits per heavy atom. The highest BCUT2D eigenvalue weighted by Crippen LogP contribution is 2.26. The van der Waals surface area contributed by atoms with E-state index < -0.39 is 0 Å². The van der Waals surface area contributed by atoms with Crippen LogP contribution in [0.3, 0.4) is 0 Å². The molecule has 0 aromatic heterocycles. The van der Waals surface area contributed by atoms with E-state index in [-0.39, 0.29) is 11.9 Å². The molecular formula is C17H19ClFN. The molecule has 1 atom stereocenters. The minimum atomic E-state index is -0.179. The lowest BCUT2D eigenvalue weighted by molar-refractivity contribution is 0.578. The van der Waals surface area contributed by atoms with E-state index in [9.17, 15) is 4.39 Å². The molecule has 1 N–H and O–H groups in total. The maximum Gasteiger partial charge on any atom is 0.123 e. The molecule has 0 saturated carbocycles. The van der Waals surface area contributed by atoms with Crippen LogP contribution in [0, 0.1) is 19.7 Å². The molecule has 20 heavy (non-hydrogen) atoms. The van der Waals surface area contributed by atoms with Gasteiger partial charge in [0.1, 0.15) is 5.82 Å². The van der Waals surface area contributed by atoms with Gasteiger partial charge in [-0.15, -0.1) is 0 Å². The third-order valence-electron chi connectivity index (χ3n) is 3.58. The van der Waals surface area contributed by atoms with E-state index in [2.05, 4.69) is 11.4 Å². The van der Waals surface area contributed by atoms with Crippen LogP contribution in [0.4, 0.5) is 4.39 Å². The maximum absolute atomic E-state index is 13.4. The van der Waals surface area contributed by atoms with Gasteiger partial charge >= 0.3 is 0 Å². The predicted octanol–water partition coefficient (Wildman–Crippen LogP) is 4.60. The average molecular weight is 292 g/mol. The number of nitrogens with one attached hydrogen (secondary N) is 1. The van der Waals surface area contributed by atoms with Crippen molar-refractivity contribution in [3.63, 3.8) is 0 Å². The highest BCUT2D eigenvalue weighted by Gasteiger charge is 2.16. The zero-order chi connectivity index (χ0) is 14.7. The Bertz CT molecular complexity index is 587. The van der Waals surface area contributed by atoms with Gasteiger partial charge in [0.15, 0.2) is 0 Å². The number of benzene rings is 2. The maximum atomic E-state index is 13.4. The Morgan fingerprint density at radius 2 is 1.80 bits per heavy atom. The second-order valence-electron chi connectivity index (χ2n) is 5.13. The third-order valence-corrected chi connectivity index (χ3v) is 3.82. The van der Waals surface area contributed by atoms with Gasteiger partial charge in [-0.05, 0) is 73.8 Å². The minimum absolute atomic E-state index is 0.147. The van der Waals surface area contributed by atoms with Crippen molar-refractivity contribution in [3.8, 4) is 0 Å². The van der Waals surface area contributed by atoms with Crippen molar-refractivity contribution in [2.45, 2.75) is 26.3 Å². The summed E-state index contributed by atoms with van der Waals surface area (Å²) in [5.41, 5.74) is 4.28. The van der Waals surface area contributed by atoms with Crippen LogP contribution in [0.2, 0.25) is 5.02 Å². The first-order chi connectivity index (χ1) is 9.51. The molecule has 2 aromatic carbocycles. The van der Waals surface area contributed by atoms with E-state index in [1.54, 1.807) is 12.1 Å². The molecule has 2 rings (SSSR count). The third kappa shape index (κ3) is 3.38. The van der Waals surface area contributed by atoms with Crippen molar-refractivity contribution in [1.82, 2.24) is 5.32 Å². The van der Waals surface area contributed by atoms with E-state index in [0.29, 0.717) is 0 Å². The normalized spacial score (nSPS) is 12.4. The Labute approximate surface area is 124 Å². The van der Waals surface area contributed by atoms with Gasteiger partial charge in [-0.1, -0.05) is 23.7 Å². The van der Waals surface area contributed by atoms with Crippen LogP contribution < -0.4 is 5.32 Å². The lowest BCUT2D eigenvalue weighted by Crippen LogP contribution is -2.21. The smallest absolute Gasteiger partial charge is 0.123 e. The van der Waals surface area contributed by atoms with E-state index in [0.717, 1.165) is 28.1 Å². The van der Waals surface area contributed by atoms with Gasteiger partial charge in [-0.3, -0.25) is 0 Å². The minimum Gasteiger partial charge on any atom is -0.313 e. The topological polar surface area (TPSA) is 12.0 Å². The fourth-order valence-corrected chi connectivity index (χ4v) is 2.93. The second-order valence-corrected chi connectivity index (χ2v) is 5.57. The standard InChI is InChI=1S/C17H19ClFN/c1-11-7-15(19)8-12(2)17(11)16(20-3)10-13-5-4-6-14(18)9-13/h4-9,16,20H,10H2,1-3H3. The molecule has 1 unspecified atom stereocenters. The summed E-state index contributed by atoms with van der Waals surface area (Å²) in [5, 5.41) is 4.06. The molecule has 1 nitrogen and oxygen atoms in total. The van der Waals surface area contributed by atoms with Crippen molar-refractivity contribution in [2.24, 2.45) is 0 Å². The number of likely N-dealkylation sites (N-methyl/N-ethyl adjacent to an activating group) is 1. The van der Waals surface area contributed by atoms with Gasteiger partial charge in [0.2, 0.25) is 0 Å². The van der Waals surface area contributed by atoms with Crippen LogP contribution in [0.15, 0.2) is 36.4 Å². The summed E-state index contributed by atoms with van der Waals surface area (Å²) in [5.74, 6) is -0.179. The Morgan fingerprint density at radius 3 is 2.35 bits per heavy atom. The molecule has 0 radical (unpaired) electrons. The molecule has 0 saturated heterocycles. The van der Waals surface area contributed by atoms with Crippen LogP contribution in [0.1, 0.15) is 28.3 Å². The number of rotatable bonds is 4. The van der Waals surface area contributed by atoms with E-state index in [1.807, 2.05) is 39.1 Å². The SMILES string of the molecule is CNC(Cc1cccc(Cl)c1)c1c(C)cc(F)cc1C. The number of aryl methyl sites for hydroxylation is 2. The molecule has 0 aliphatic rings. The van der Waals surface area contributed by atoms with Crippen LogP contribution in [0.25, 0.3) is 0 Å². The molecule has 106 valence electrons. The Kier molecular flexibility index (Phi) is 4.79. The summed E-state index contributed by atoms with van der Waals surface area (Å²) >= 11 is 6.03. The Balaban J connectivity index is 2.34. The van der Waals surface area contributed by atoms with Gasteiger partial charge < -0.3 is 5.32 Å². The monoisotopic (exact) mass is 291 g/mol. The number of halogens is 2. The molecule has 0 amide bonds. The van der Waals surface area contributed by atoms with Crippen molar-refractivity contribution in [2.75, 3.05) is 7.05 Å².